The number of carbonyl (C=O) groups excluding carboxylic acids is 1. The highest BCUT2D eigenvalue weighted by molar-refractivity contribution is 6.10. The van der Waals surface area contributed by atoms with E-state index in [-0.39, 0.29) is 36.2 Å². The molecule has 1 amide bonds. The maximum absolute atomic E-state index is 14.2. The van der Waals surface area contributed by atoms with Gasteiger partial charge in [0.2, 0.25) is 5.92 Å². The van der Waals surface area contributed by atoms with E-state index in [0.29, 0.717) is 22.6 Å². The number of nitrogens with one attached hydrogen (secondary N) is 1. The lowest BCUT2D eigenvalue weighted by molar-refractivity contribution is -0.138. The Morgan fingerprint density at radius 3 is 2.45 bits per heavy atom. The van der Waals surface area contributed by atoms with Crippen LogP contribution in [0.5, 0.6) is 0 Å². The fourth-order valence-corrected chi connectivity index (χ4v) is 6.37. The largest absolute Gasteiger partial charge is 0.416 e. The van der Waals surface area contributed by atoms with E-state index in [0.717, 1.165) is 25.3 Å². The minimum Gasteiger partial charge on any atom is -0.321 e. The van der Waals surface area contributed by atoms with E-state index in [1.165, 1.54) is 11.2 Å². The van der Waals surface area contributed by atoms with Crippen molar-refractivity contribution in [3.63, 3.8) is 0 Å². The zero-order chi connectivity index (χ0) is 28.5. The predicted octanol–water partition coefficient (Wildman–Crippen LogP) is 5.94. The summed E-state index contributed by atoms with van der Waals surface area (Å²) in [5.74, 6) is -2.82. The van der Waals surface area contributed by atoms with Gasteiger partial charge in [0.1, 0.15) is 12.2 Å². The van der Waals surface area contributed by atoms with Crippen molar-refractivity contribution in [1.82, 2.24) is 20.1 Å². The summed E-state index contributed by atoms with van der Waals surface area (Å²) < 4.78 is 72.6. The van der Waals surface area contributed by atoms with Gasteiger partial charge in [-0.15, -0.1) is 10.2 Å². The minimum absolute atomic E-state index is 0.0276. The topological polar surface area (TPSA) is 63.1 Å². The molecule has 0 atom stereocenters. The van der Waals surface area contributed by atoms with Crippen molar-refractivity contribution >= 4 is 11.6 Å². The first-order valence-electron chi connectivity index (χ1n) is 13.4. The molecule has 0 radical (unpaired) electrons. The van der Waals surface area contributed by atoms with Gasteiger partial charge < -0.3 is 14.8 Å². The molecule has 40 heavy (non-hydrogen) atoms. The smallest absolute Gasteiger partial charge is 0.321 e. The van der Waals surface area contributed by atoms with Crippen molar-refractivity contribution in [3.8, 4) is 0 Å². The Balaban J connectivity index is 1.32. The summed E-state index contributed by atoms with van der Waals surface area (Å²) in [6, 6.07) is 9.36. The van der Waals surface area contributed by atoms with Crippen LogP contribution < -0.4 is 10.2 Å². The Kier molecular flexibility index (Phi) is 6.10. The number of anilines is 1. The molecule has 0 unspecified atom stereocenters. The Morgan fingerprint density at radius 1 is 1.10 bits per heavy atom. The molecule has 2 aliphatic carbocycles. The number of alkyl halides is 5. The maximum Gasteiger partial charge on any atom is 0.416 e. The number of nitrogens with zero attached hydrogens (tertiary/aromatic N) is 4. The zero-order valence-corrected chi connectivity index (χ0v) is 22.3. The van der Waals surface area contributed by atoms with Crippen molar-refractivity contribution in [2.45, 2.75) is 81.6 Å². The molecular formula is C29H30F5N5O. The highest BCUT2D eigenvalue weighted by atomic mass is 19.4. The van der Waals surface area contributed by atoms with Crippen molar-refractivity contribution in [3.05, 3.63) is 76.4 Å². The van der Waals surface area contributed by atoms with Gasteiger partial charge in [0.25, 0.3) is 5.91 Å². The lowest BCUT2D eigenvalue weighted by Gasteiger charge is -2.48. The molecule has 0 bridgehead atoms. The van der Waals surface area contributed by atoms with Gasteiger partial charge in [0, 0.05) is 55.1 Å². The summed E-state index contributed by atoms with van der Waals surface area (Å²) in [4.78, 5) is 14.8. The monoisotopic (exact) mass is 559 g/mol. The Bertz CT molecular complexity index is 1470. The fourth-order valence-electron chi connectivity index (χ4n) is 6.37. The lowest BCUT2D eigenvalue weighted by atomic mass is 9.60. The summed E-state index contributed by atoms with van der Waals surface area (Å²) in [7, 11) is 1.74. The van der Waals surface area contributed by atoms with Crippen LogP contribution in [0.15, 0.2) is 42.7 Å². The second-order valence-electron chi connectivity index (χ2n) is 11.9. The summed E-state index contributed by atoms with van der Waals surface area (Å²) in [6.07, 6.45) is -0.693. The van der Waals surface area contributed by atoms with Crippen LogP contribution in [0.4, 0.5) is 27.6 Å². The average molecular weight is 560 g/mol. The minimum atomic E-state index is -4.63. The Labute approximate surface area is 228 Å². The van der Waals surface area contributed by atoms with Crippen LogP contribution >= 0.6 is 0 Å². The third-order valence-corrected chi connectivity index (χ3v) is 8.85. The number of amides is 1. The van der Waals surface area contributed by atoms with Gasteiger partial charge in [-0.05, 0) is 67.1 Å². The average Bonchev–Trinajstić information content (AvgIpc) is 3.41. The van der Waals surface area contributed by atoms with Crippen LogP contribution in [0.3, 0.4) is 0 Å². The number of aryl methyl sites for hydroxylation is 1. The normalized spacial score (nSPS) is 20.7. The molecule has 6 rings (SSSR count). The molecule has 2 aromatic carbocycles. The number of rotatable bonds is 7. The lowest BCUT2D eigenvalue weighted by Crippen LogP contribution is -2.51. The molecule has 3 aromatic rings. The molecule has 1 aromatic heterocycles. The van der Waals surface area contributed by atoms with Gasteiger partial charge in [-0.3, -0.25) is 4.79 Å². The SMILES string of the molecule is Cn1cnnc1CC1(c2cccc(N3Cc4c(cc(CNC5(C)CCC5)cc4C(F)(F)F)C3=O)c2)CC(F)(F)C1. The molecule has 11 heteroatoms. The molecule has 0 spiro atoms. The second kappa shape index (κ2) is 9.09. The van der Waals surface area contributed by atoms with Crippen LogP contribution in [0.1, 0.15) is 77.5 Å². The summed E-state index contributed by atoms with van der Waals surface area (Å²) in [5, 5.41) is 11.3. The van der Waals surface area contributed by atoms with Gasteiger partial charge in [-0.1, -0.05) is 12.1 Å². The van der Waals surface area contributed by atoms with Crippen LogP contribution in [-0.2, 0) is 38.1 Å². The number of hydrogen-bond acceptors (Lipinski definition) is 4. The molecule has 2 saturated carbocycles. The number of hydrogen-bond donors (Lipinski definition) is 1. The molecule has 2 fully saturated rings. The van der Waals surface area contributed by atoms with Crippen molar-refractivity contribution in [2.75, 3.05) is 4.90 Å². The number of halogens is 5. The molecule has 0 saturated heterocycles. The van der Waals surface area contributed by atoms with Gasteiger partial charge in [-0.2, -0.15) is 13.2 Å². The van der Waals surface area contributed by atoms with Crippen molar-refractivity contribution < 1.29 is 26.7 Å². The molecular weight excluding hydrogens is 529 g/mol. The summed E-state index contributed by atoms with van der Waals surface area (Å²) >= 11 is 0. The van der Waals surface area contributed by atoms with E-state index in [9.17, 15) is 26.7 Å². The van der Waals surface area contributed by atoms with Gasteiger partial charge in [0.05, 0.1) is 12.1 Å². The highest BCUT2D eigenvalue weighted by Crippen LogP contribution is 2.55. The summed E-state index contributed by atoms with van der Waals surface area (Å²) in [5.41, 5.74) is -0.507. The number of carbonyl (C=O) groups is 1. The first-order chi connectivity index (χ1) is 18.8. The van der Waals surface area contributed by atoms with Gasteiger partial charge in [0.15, 0.2) is 0 Å². The highest BCUT2D eigenvalue weighted by Gasteiger charge is 2.57. The van der Waals surface area contributed by atoms with Crippen LogP contribution in [-0.4, -0.2) is 32.1 Å². The molecule has 3 aliphatic rings. The predicted molar refractivity (Wildman–Crippen MR) is 138 cm³/mol. The van der Waals surface area contributed by atoms with E-state index >= 15 is 0 Å². The fraction of sp³-hybridized carbons (Fsp3) is 0.483. The number of fused-ring (bicyclic) bond motifs is 1. The standard InChI is InChI=1S/C29H30F5N5O/c1-26(7-4-8-26)35-13-18-9-21-22(23(10-18)29(32,33)34)14-39(25(21)40)20-6-3-5-19(11-20)27(15-28(30,31)16-27)12-24-37-36-17-38(24)2/h3,5-6,9-11,17,35H,4,7-8,12-16H2,1-2H3. The third kappa shape index (κ3) is 4.67. The van der Waals surface area contributed by atoms with E-state index in [4.69, 9.17) is 0 Å². The second-order valence-corrected chi connectivity index (χ2v) is 11.9. The maximum atomic E-state index is 14.2. The third-order valence-electron chi connectivity index (χ3n) is 8.85. The molecule has 212 valence electrons. The molecule has 2 heterocycles. The van der Waals surface area contributed by atoms with Gasteiger partial charge >= 0.3 is 6.18 Å². The van der Waals surface area contributed by atoms with Crippen LogP contribution in [0.2, 0.25) is 0 Å². The van der Waals surface area contributed by atoms with E-state index in [2.05, 4.69) is 15.5 Å². The quantitative estimate of drug-likeness (QED) is 0.364. The van der Waals surface area contributed by atoms with E-state index in [1.54, 1.807) is 41.9 Å². The van der Waals surface area contributed by atoms with Crippen molar-refractivity contribution in [1.29, 1.82) is 0 Å². The van der Waals surface area contributed by atoms with Crippen molar-refractivity contribution in [2.24, 2.45) is 7.05 Å². The number of aromatic nitrogens is 3. The zero-order valence-electron chi connectivity index (χ0n) is 22.3. The Hall–Kier alpha value is -3.34. The summed E-state index contributed by atoms with van der Waals surface area (Å²) in [6.45, 7) is 2.03. The first-order valence-corrected chi connectivity index (χ1v) is 13.4. The van der Waals surface area contributed by atoms with Crippen LogP contribution in [0, 0.1) is 0 Å². The molecule has 6 nitrogen and oxygen atoms in total. The van der Waals surface area contributed by atoms with Gasteiger partial charge in [-0.25, -0.2) is 8.78 Å². The Morgan fingerprint density at radius 2 is 1.85 bits per heavy atom. The van der Waals surface area contributed by atoms with Crippen LogP contribution in [0.25, 0.3) is 0 Å². The van der Waals surface area contributed by atoms with E-state index in [1.807, 2.05) is 6.92 Å². The molecule has 1 N–H and O–H groups in total. The first kappa shape index (κ1) is 26.9. The van der Waals surface area contributed by atoms with E-state index < -0.39 is 41.8 Å². The number of benzene rings is 2. The molecule has 1 aliphatic heterocycles.